The molecule has 7 nitrogen and oxygen atoms in total. The van der Waals surface area contributed by atoms with Gasteiger partial charge in [-0.1, -0.05) is 0 Å². The molecule has 0 aliphatic rings. The van der Waals surface area contributed by atoms with Crippen LogP contribution in [0.4, 0.5) is 0 Å². The van der Waals surface area contributed by atoms with Gasteiger partial charge in [-0.3, -0.25) is 4.79 Å². The number of hydrogen-bond donors (Lipinski definition) is 2. The average molecular weight is 283 g/mol. The number of nitrogens with zero attached hydrogens (tertiary/aromatic N) is 1. The van der Waals surface area contributed by atoms with Crippen molar-refractivity contribution in [2.24, 2.45) is 0 Å². The summed E-state index contributed by atoms with van der Waals surface area (Å²) in [6, 6.07) is 5.32. The maximum Gasteiger partial charge on any atom is 0.274 e. The van der Waals surface area contributed by atoms with E-state index in [4.69, 9.17) is 4.42 Å². The lowest BCUT2D eigenvalue weighted by Crippen LogP contribution is -2.29. The SMILES string of the molecule is CC(C)NS(=O)(=O)c1ccc(-c2ccc(=O)[nH]n2)o1. The third kappa shape index (κ3) is 3.09. The third-order valence-electron chi connectivity index (χ3n) is 2.17. The molecule has 0 saturated carbocycles. The molecule has 0 atom stereocenters. The fraction of sp³-hybridized carbons (Fsp3) is 0.273. The van der Waals surface area contributed by atoms with Crippen LogP contribution >= 0.6 is 0 Å². The molecule has 2 aromatic heterocycles. The van der Waals surface area contributed by atoms with Gasteiger partial charge in [0.15, 0.2) is 5.76 Å². The molecule has 2 aromatic rings. The number of furan rings is 1. The molecule has 0 bridgehead atoms. The van der Waals surface area contributed by atoms with Crippen molar-refractivity contribution in [1.82, 2.24) is 14.9 Å². The van der Waals surface area contributed by atoms with E-state index in [1.165, 1.54) is 24.3 Å². The highest BCUT2D eigenvalue weighted by atomic mass is 32.2. The lowest BCUT2D eigenvalue weighted by atomic mass is 10.3. The molecule has 19 heavy (non-hydrogen) atoms. The molecule has 2 rings (SSSR count). The summed E-state index contributed by atoms with van der Waals surface area (Å²) in [6.07, 6.45) is 0. The Labute approximate surface area is 109 Å². The second-order valence-corrected chi connectivity index (χ2v) is 5.85. The quantitative estimate of drug-likeness (QED) is 0.860. The molecule has 0 aliphatic carbocycles. The van der Waals surface area contributed by atoms with Crippen LogP contribution in [0.2, 0.25) is 0 Å². The van der Waals surface area contributed by atoms with Gasteiger partial charge in [-0.15, -0.1) is 0 Å². The predicted octanol–water partition coefficient (Wildman–Crippen LogP) is 0.717. The zero-order chi connectivity index (χ0) is 14.0. The smallest absolute Gasteiger partial charge is 0.274 e. The van der Waals surface area contributed by atoms with Gasteiger partial charge in [-0.2, -0.15) is 5.10 Å². The summed E-state index contributed by atoms with van der Waals surface area (Å²) in [5.74, 6) is 0.264. The number of aromatic amines is 1. The lowest BCUT2D eigenvalue weighted by Gasteiger charge is -2.06. The highest BCUT2D eigenvalue weighted by Crippen LogP contribution is 2.21. The topological polar surface area (TPSA) is 105 Å². The predicted molar refractivity (Wildman–Crippen MR) is 68.0 cm³/mol. The van der Waals surface area contributed by atoms with Crippen molar-refractivity contribution in [3.05, 3.63) is 34.6 Å². The summed E-state index contributed by atoms with van der Waals surface area (Å²) in [7, 11) is -3.67. The molecule has 0 unspecified atom stereocenters. The summed E-state index contributed by atoms with van der Waals surface area (Å²) < 4.78 is 31.4. The van der Waals surface area contributed by atoms with Crippen LogP contribution in [-0.4, -0.2) is 24.7 Å². The summed E-state index contributed by atoms with van der Waals surface area (Å²) in [5, 5.41) is 5.82. The van der Waals surface area contributed by atoms with Crippen molar-refractivity contribution in [2.45, 2.75) is 25.0 Å². The van der Waals surface area contributed by atoms with Crippen molar-refractivity contribution in [2.75, 3.05) is 0 Å². The Morgan fingerprint density at radius 2 is 2.00 bits per heavy atom. The summed E-state index contributed by atoms with van der Waals surface area (Å²) in [6.45, 7) is 3.43. The molecule has 102 valence electrons. The van der Waals surface area contributed by atoms with Gasteiger partial charge in [-0.05, 0) is 32.0 Å². The largest absolute Gasteiger partial charge is 0.442 e. The Morgan fingerprint density at radius 3 is 2.58 bits per heavy atom. The highest BCUT2D eigenvalue weighted by molar-refractivity contribution is 7.89. The Morgan fingerprint density at radius 1 is 1.26 bits per heavy atom. The second-order valence-electron chi connectivity index (χ2n) is 4.20. The maximum atomic E-state index is 11.9. The minimum Gasteiger partial charge on any atom is -0.442 e. The molecule has 2 heterocycles. The number of sulfonamides is 1. The summed E-state index contributed by atoms with van der Waals surface area (Å²) in [4.78, 5) is 10.9. The number of hydrogen-bond acceptors (Lipinski definition) is 5. The zero-order valence-corrected chi connectivity index (χ0v) is 11.2. The first-order valence-corrected chi connectivity index (χ1v) is 7.05. The van der Waals surface area contributed by atoms with E-state index >= 15 is 0 Å². The average Bonchev–Trinajstić information content (AvgIpc) is 2.78. The van der Waals surface area contributed by atoms with Gasteiger partial charge < -0.3 is 4.42 Å². The van der Waals surface area contributed by atoms with Crippen LogP contribution in [0, 0.1) is 0 Å². The first-order valence-electron chi connectivity index (χ1n) is 5.57. The molecular weight excluding hydrogens is 270 g/mol. The maximum absolute atomic E-state index is 11.9. The first kappa shape index (κ1) is 13.5. The van der Waals surface area contributed by atoms with E-state index in [1.807, 2.05) is 0 Å². The van der Waals surface area contributed by atoms with E-state index in [0.717, 1.165) is 0 Å². The van der Waals surface area contributed by atoms with Crippen LogP contribution in [0.1, 0.15) is 13.8 Å². The minimum absolute atomic E-state index is 0.191. The summed E-state index contributed by atoms with van der Waals surface area (Å²) in [5.41, 5.74) is 0.00947. The molecule has 0 spiro atoms. The monoisotopic (exact) mass is 283 g/mol. The lowest BCUT2D eigenvalue weighted by molar-refractivity contribution is 0.452. The fourth-order valence-corrected chi connectivity index (χ4v) is 2.64. The zero-order valence-electron chi connectivity index (χ0n) is 10.4. The minimum atomic E-state index is -3.67. The molecule has 0 aromatic carbocycles. The molecule has 0 aliphatic heterocycles. The molecule has 2 N–H and O–H groups in total. The highest BCUT2D eigenvalue weighted by Gasteiger charge is 2.20. The number of nitrogens with one attached hydrogen (secondary N) is 2. The van der Waals surface area contributed by atoms with Crippen LogP contribution in [0.3, 0.4) is 0 Å². The number of rotatable bonds is 4. The molecule has 0 fully saturated rings. The number of aromatic nitrogens is 2. The molecular formula is C11H13N3O4S. The van der Waals surface area contributed by atoms with E-state index in [-0.39, 0.29) is 22.5 Å². The van der Waals surface area contributed by atoms with E-state index in [1.54, 1.807) is 13.8 Å². The van der Waals surface area contributed by atoms with Gasteiger partial charge in [0.25, 0.3) is 15.6 Å². The van der Waals surface area contributed by atoms with Crippen molar-refractivity contribution in [1.29, 1.82) is 0 Å². The van der Waals surface area contributed by atoms with Gasteiger partial charge in [0.05, 0.1) is 0 Å². The van der Waals surface area contributed by atoms with Gasteiger partial charge in [0.1, 0.15) is 5.69 Å². The fourth-order valence-electron chi connectivity index (χ4n) is 1.45. The van der Waals surface area contributed by atoms with E-state index in [0.29, 0.717) is 5.69 Å². The standard InChI is InChI=1S/C11H13N3O4S/c1-7(2)14-19(16,17)11-6-4-9(18-11)8-3-5-10(15)13-12-8/h3-7,14H,1-2H3,(H,13,15). The van der Waals surface area contributed by atoms with Crippen molar-refractivity contribution >= 4 is 10.0 Å². The van der Waals surface area contributed by atoms with Crippen molar-refractivity contribution in [3.63, 3.8) is 0 Å². The Bertz CT molecular complexity index is 710. The van der Waals surface area contributed by atoms with Gasteiger partial charge in [0, 0.05) is 12.1 Å². The Balaban J connectivity index is 2.34. The molecule has 0 saturated heterocycles. The Kier molecular flexibility index (Phi) is 3.54. The third-order valence-corrected chi connectivity index (χ3v) is 3.70. The molecule has 0 radical (unpaired) electrons. The van der Waals surface area contributed by atoms with Gasteiger partial charge in [0.2, 0.25) is 5.09 Å². The van der Waals surface area contributed by atoms with Crippen LogP contribution in [-0.2, 0) is 10.0 Å². The molecule has 0 amide bonds. The summed E-state index contributed by atoms with van der Waals surface area (Å²) >= 11 is 0. The van der Waals surface area contributed by atoms with Crippen molar-refractivity contribution in [3.8, 4) is 11.5 Å². The van der Waals surface area contributed by atoms with Crippen LogP contribution in [0.15, 0.2) is 38.6 Å². The van der Waals surface area contributed by atoms with Crippen LogP contribution in [0.25, 0.3) is 11.5 Å². The second kappa shape index (κ2) is 4.98. The van der Waals surface area contributed by atoms with Gasteiger partial charge in [-0.25, -0.2) is 18.2 Å². The number of H-pyrrole nitrogens is 1. The molecule has 8 heteroatoms. The Hall–Kier alpha value is -1.93. The van der Waals surface area contributed by atoms with Crippen LogP contribution < -0.4 is 10.3 Å². The van der Waals surface area contributed by atoms with E-state index < -0.39 is 10.0 Å². The first-order chi connectivity index (χ1) is 8.88. The van der Waals surface area contributed by atoms with Gasteiger partial charge >= 0.3 is 0 Å². The normalized spacial score (nSPS) is 11.9. The van der Waals surface area contributed by atoms with E-state index in [9.17, 15) is 13.2 Å². The van der Waals surface area contributed by atoms with Crippen molar-refractivity contribution < 1.29 is 12.8 Å². The van der Waals surface area contributed by atoms with E-state index in [2.05, 4.69) is 14.9 Å². The van der Waals surface area contributed by atoms with Crippen LogP contribution in [0.5, 0.6) is 0 Å².